The van der Waals surface area contributed by atoms with E-state index in [-0.39, 0.29) is 0 Å². The first kappa shape index (κ1) is 17.0. The zero-order valence-electron chi connectivity index (χ0n) is 11.9. The molecule has 0 radical (unpaired) electrons. The lowest BCUT2D eigenvalue weighted by molar-refractivity contribution is -0.145. The topological polar surface area (TPSA) is 46.5 Å². The van der Waals surface area contributed by atoms with Gasteiger partial charge >= 0.3 is 5.97 Å². The fourth-order valence-corrected chi connectivity index (χ4v) is 1.70. The van der Waals surface area contributed by atoms with E-state index < -0.39 is 12.1 Å². The van der Waals surface area contributed by atoms with Gasteiger partial charge in [-0.3, -0.25) is 0 Å². The molecule has 1 N–H and O–H groups in total. The highest BCUT2D eigenvalue weighted by Gasteiger charge is 2.08. The zero-order chi connectivity index (χ0) is 13.6. The number of rotatable bonds is 12. The number of aliphatic carboxylic acids is 1. The van der Waals surface area contributed by atoms with E-state index in [0.717, 1.165) is 12.8 Å². The summed E-state index contributed by atoms with van der Waals surface area (Å²) in [6.45, 7) is 3.77. The summed E-state index contributed by atoms with van der Waals surface area (Å²) in [5.41, 5.74) is 0. The number of unbranched alkanes of at least 4 members (excludes halogenated alkanes) is 8. The molecule has 0 fully saturated rings. The van der Waals surface area contributed by atoms with E-state index in [0.29, 0.717) is 0 Å². The van der Waals surface area contributed by atoms with Crippen molar-refractivity contribution in [3.8, 4) is 0 Å². The minimum absolute atomic E-state index is 0.750. The summed E-state index contributed by atoms with van der Waals surface area (Å²) in [6, 6.07) is 0. The third kappa shape index (κ3) is 11.5. The highest BCUT2D eigenvalue weighted by molar-refractivity contribution is 5.71. The molecular weight excluding hydrogens is 228 g/mol. The van der Waals surface area contributed by atoms with Gasteiger partial charge in [0, 0.05) is 0 Å². The number of carboxylic acid groups (broad SMARTS) is 1. The van der Waals surface area contributed by atoms with Crippen LogP contribution < -0.4 is 0 Å². The molecule has 0 saturated heterocycles. The molecule has 0 bridgehead atoms. The molecule has 18 heavy (non-hydrogen) atoms. The van der Waals surface area contributed by atoms with Gasteiger partial charge in [0.2, 0.25) is 0 Å². The molecule has 0 aliphatic heterocycles. The van der Waals surface area contributed by atoms with Crippen molar-refractivity contribution in [3.63, 3.8) is 0 Å². The molecule has 3 heteroatoms. The molecule has 0 aromatic rings. The van der Waals surface area contributed by atoms with Crippen molar-refractivity contribution in [2.24, 2.45) is 0 Å². The standard InChI is InChI=1S/C15H28O3/c1-3-4-5-6-7-8-9-10-11-12-13-18-14(2)15(16)17/h12-14H,3-11H2,1-2H3,(H,16,17)/t14-/m0/s1. The van der Waals surface area contributed by atoms with E-state index in [9.17, 15) is 4.79 Å². The largest absolute Gasteiger partial charge is 0.487 e. The smallest absolute Gasteiger partial charge is 0.344 e. The maximum Gasteiger partial charge on any atom is 0.344 e. The van der Waals surface area contributed by atoms with Crippen LogP contribution in [0.3, 0.4) is 0 Å². The van der Waals surface area contributed by atoms with Crippen LogP contribution in [0, 0.1) is 0 Å². The van der Waals surface area contributed by atoms with Gasteiger partial charge in [-0.25, -0.2) is 4.79 Å². The van der Waals surface area contributed by atoms with Crippen LogP contribution in [0.4, 0.5) is 0 Å². The lowest BCUT2D eigenvalue weighted by atomic mass is 10.1. The number of ether oxygens (including phenoxy) is 1. The number of carbonyl (C=O) groups is 1. The number of hydrogen-bond donors (Lipinski definition) is 1. The molecule has 1 atom stereocenters. The van der Waals surface area contributed by atoms with Gasteiger partial charge in [-0.15, -0.1) is 0 Å². The maximum atomic E-state index is 10.5. The van der Waals surface area contributed by atoms with Crippen molar-refractivity contribution in [1.29, 1.82) is 0 Å². The Kier molecular flexibility index (Phi) is 11.8. The van der Waals surface area contributed by atoms with Crippen LogP contribution >= 0.6 is 0 Å². The molecular formula is C15H28O3. The predicted octanol–water partition coefficient (Wildman–Crippen LogP) is 4.52. The molecule has 0 aliphatic rings. The van der Waals surface area contributed by atoms with Gasteiger partial charge in [-0.2, -0.15) is 0 Å². The Morgan fingerprint density at radius 3 is 2.22 bits per heavy atom. The van der Waals surface area contributed by atoms with Crippen molar-refractivity contribution in [1.82, 2.24) is 0 Å². The Bertz CT molecular complexity index is 224. The summed E-state index contributed by atoms with van der Waals surface area (Å²) in [4.78, 5) is 10.5. The van der Waals surface area contributed by atoms with Gasteiger partial charge in [0.15, 0.2) is 6.10 Å². The molecule has 0 unspecified atom stereocenters. The van der Waals surface area contributed by atoms with E-state index >= 15 is 0 Å². The van der Waals surface area contributed by atoms with Crippen LogP contribution in [0.15, 0.2) is 12.3 Å². The van der Waals surface area contributed by atoms with Crippen molar-refractivity contribution in [2.45, 2.75) is 77.7 Å². The third-order valence-electron chi connectivity index (χ3n) is 2.95. The van der Waals surface area contributed by atoms with E-state index in [4.69, 9.17) is 9.84 Å². The van der Waals surface area contributed by atoms with E-state index in [1.165, 1.54) is 58.1 Å². The third-order valence-corrected chi connectivity index (χ3v) is 2.95. The summed E-state index contributed by atoms with van der Waals surface area (Å²) in [6.07, 6.45) is 14.1. The first-order valence-corrected chi connectivity index (χ1v) is 7.21. The number of allylic oxidation sites excluding steroid dienone is 1. The average Bonchev–Trinajstić information content (AvgIpc) is 2.35. The Balaban J connectivity index is 3.20. The van der Waals surface area contributed by atoms with Gasteiger partial charge in [0.05, 0.1) is 6.26 Å². The molecule has 3 nitrogen and oxygen atoms in total. The quantitative estimate of drug-likeness (QED) is 0.412. The van der Waals surface area contributed by atoms with Crippen LogP contribution in [0.25, 0.3) is 0 Å². The first-order valence-electron chi connectivity index (χ1n) is 7.21. The van der Waals surface area contributed by atoms with Crippen LogP contribution in [0.2, 0.25) is 0 Å². The van der Waals surface area contributed by atoms with Crippen LogP contribution in [-0.4, -0.2) is 17.2 Å². The van der Waals surface area contributed by atoms with Gasteiger partial charge < -0.3 is 9.84 Å². The van der Waals surface area contributed by atoms with Gasteiger partial charge in [0.1, 0.15) is 0 Å². The fraction of sp³-hybridized carbons (Fsp3) is 0.800. The van der Waals surface area contributed by atoms with Crippen LogP contribution in [-0.2, 0) is 9.53 Å². The number of carboxylic acids is 1. The minimum Gasteiger partial charge on any atom is -0.487 e. The Morgan fingerprint density at radius 1 is 1.11 bits per heavy atom. The molecule has 106 valence electrons. The SMILES string of the molecule is CCCCCCCCCCC=CO[C@@H](C)C(=O)O. The van der Waals surface area contributed by atoms with Crippen LogP contribution in [0.1, 0.15) is 71.6 Å². The van der Waals surface area contributed by atoms with E-state index in [1.807, 2.05) is 6.08 Å². The van der Waals surface area contributed by atoms with Crippen molar-refractivity contribution < 1.29 is 14.6 Å². The minimum atomic E-state index is -0.924. The second-order valence-electron chi connectivity index (χ2n) is 4.75. The Labute approximate surface area is 111 Å². The Morgan fingerprint density at radius 2 is 1.67 bits per heavy atom. The predicted molar refractivity (Wildman–Crippen MR) is 74.5 cm³/mol. The van der Waals surface area contributed by atoms with Crippen LogP contribution in [0.5, 0.6) is 0 Å². The highest BCUT2D eigenvalue weighted by atomic mass is 16.5. The van der Waals surface area contributed by atoms with E-state index in [2.05, 4.69) is 6.92 Å². The molecule has 0 amide bonds. The summed E-state index contributed by atoms with van der Waals surface area (Å²) in [7, 11) is 0. The molecule has 0 aliphatic carbocycles. The molecule has 0 rings (SSSR count). The summed E-state index contributed by atoms with van der Waals surface area (Å²) in [5.74, 6) is -0.924. The second kappa shape index (κ2) is 12.5. The second-order valence-corrected chi connectivity index (χ2v) is 4.75. The van der Waals surface area contributed by atoms with Gasteiger partial charge in [-0.1, -0.05) is 51.9 Å². The van der Waals surface area contributed by atoms with Crippen molar-refractivity contribution in [2.75, 3.05) is 0 Å². The van der Waals surface area contributed by atoms with Crippen molar-refractivity contribution in [3.05, 3.63) is 12.3 Å². The van der Waals surface area contributed by atoms with E-state index in [1.54, 1.807) is 0 Å². The zero-order valence-corrected chi connectivity index (χ0v) is 11.9. The average molecular weight is 256 g/mol. The molecule has 0 aromatic heterocycles. The van der Waals surface area contributed by atoms with Gasteiger partial charge in [0.25, 0.3) is 0 Å². The lowest BCUT2D eigenvalue weighted by Crippen LogP contribution is -2.16. The molecule has 0 aromatic carbocycles. The Hall–Kier alpha value is -0.990. The molecule has 0 spiro atoms. The maximum absolute atomic E-state index is 10.5. The number of hydrogen-bond acceptors (Lipinski definition) is 2. The van der Waals surface area contributed by atoms with Gasteiger partial charge in [-0.05, 0) is 25.8 Å². The molecule has 0 heterocycles. The van der Waals surface area contributed by atoms with Crippen molar-refractivity contribution >= 4 is 5.97 Å². The molecule has 0 saturated carbocycles. The summed E-state index contributed by atoms with van der Waals surface area (Å²) < 4.78 is 5.00. The monoisotopic (exact) mass is 256 g/mol. The highest BCUT2D eigenvalue weighted by Crippen LogP contribution is 2.09. The fourth-order valence-electron chi connectivity index (χ4n) is 1.70. The first-order chi connectivity index (χ1) is 8.68. The summed E-state index contributed by atoms with van der Waals surface area (Å²) in [5, 5.41) is 8.58. The summed E-state index contributed by atoms with van der Waals surface area (Å²) >= 11 is 0. The lowest BCUT2D eigenvalue weighted by Gasteiger charge is -2.04. The normalized spacial score (nSPS) is 12.8.